The molecule has 2 aromatic carbocycles. The molecule has 7 nitrogen and oxygen atoms in total. The summed E-state index contributed by atoms with van der Waals surface area (Å²) < 4.78 is 45.9. The van der Waals surface area contributed by atoms with Gasteiger partial charge in [-0.25, -0.2) is 4.39 Å². The molecule has 1 saturated heterocycles. The van der Waals surface area contributed by atoms with E-state index < -0.39 is 21.9 Å². The van der Waals surface area contributed by atoms with Gasteiger partial charge in [-0.05, 0) is 35.9 Å². The molecule has 1 amide bonds. The number of ether oxygens (including phenoxy) is 1. The Bertz CT molecular complexity index is 1040. The number of nitrogens with one attached hydrogen (secondary N) is 1. The van der Waals surface area contributed by atoms with Crippen molar-refractivity contribution >= 4 is 45.0 Å². The second-order valence-electron chi connectivity index (χ2n) is 6.31. The zero-order valence-corrected chi connectivity index (χ0v) is 17.7. The molecule has 1 fully saturated rings. The Hall–Kier alpha value is -1.91. The van der Waals surface area contributed by atoms with E-state index >= 15 is 0 Å². The molecule has 1 N–H and O–H groups in total. The van der Waals surface area contributed by atoms with Crippen LogP contribution >= 0.6 is 23.2 Å². The average molecular weight is 462 g/mol. The highest BCUT2D eigenvalue weighted by Gasteiger charge is 2.37. The molecule has 0 atom stereocenters. The molecule has 3 rings (SSSR count). The van der Waals surface area contributed by atoms with Crippen molar-refractivity contribution in [3.05, 3.63) is 57.8 Å². The Morgan fingerprint density at radius 3 is 2.52 bits per heavy atom. The number of hydrogen-bond donors (Lipinski definition) is 1. The summed E-state index contributed by atoms with van der Waals surface area (Å²) in [4.78, 5) is 12.3. The predicted molar refractivity (Wildman–Crippen MR) is 109 cm³/mol. The third-order valence-electron chi connectivity index (χ3n) is 4.37. The number of hydrogen-bond acceptors (Lipinski definition) is 4. The molecule has 156 valence electrons. The summed E-state index contributed by atoms with van der Waals surface area (Å²) in [6.07, 6.45) is 0. The molecule has 29 heavy (non-hydrogen) atoms. The zero-order chi connectivity index (χ0) is 21.2. The van der Waals surface area contributed by atoms with E-state index in [1.54, 1.807) is 12.1 Å². The lowest BCUT2D eigenvalue weighted by atomic mass is 10.2. The molecular formula is C18H18Cl2FN3O4S. The lowest BCUT2D eigenvalue weighted by Gasteiger charge is -2.19. The van der Waals surface area contributed by atoms with Crippen molar-refractivity contribution in [3.63, 3.8) is 0 Å². The number of halogens is 3. The van der Waals surface area contributed by atoms with Gasteiger partial charge in [0.25, 0.3) is 10.2 Å². The second kappa shape index (κ2) is 8.85. The Kier molecular flexibility index (Phi) is 6.65. The molecule has 0 unspecified atom stereocenters. The van der Waals surface area contributed by atoms with Crippen molar-refractivity contribution in [2.75, 3.05) is 32.1 Å². The van der Waals surface area contributed by atoms with Gasteiger partial charge in [-0.15, -0.1) is 0 Å². The fourth-order valence-electron chi connectivity index (χ4n) is 2.88. The van der Waals surface area contributed by atoms with Gasteiger partial charge in [-0.2, -0.15) is 17.0 Å². The van der Waals surface area contributed by atoms with Gasteiger partial charge in [0.1, 0.15) is 11.6 Å². The maximum atomic E-state index is 13.2. The second-order valence-corrected chi connectivity index (χ2v) is 9.05. The highest BCUT2D eigenvalue weighted by Crippen LogP contribution is 2.28. The van der Waals surface area contributed by atoms with Crippen LogP contribution in [0.1, 0.15) is 5.56 Å². The normalized spacial score (nSPS) is 16.7. The van der Waals surface area contributed by atoms with E-state index in [0.29, 0.717) is 22.0 Å². The third kappa shape index (κ3) is 4.99. The van der Waals surface area contributed by atoms with Gasteiger partial charge in [-0.1, -0.05) is 29.3 Å². The molecule has 0 saturated carbocycles. The highest BCUT2D eigenvalue weighted by molar-refractivity contribution is 7.87. The largest absolute Gasteiger partial charge is 0.495 e. The van der Waals surface area contributed by atoms with E-state index in [-0.39, 0.29) is 31.2 Å². The van der Waals surface area contributed by atoms with Crippen LogP contribution in [0.2, 0.25) is 10.0 Å². The van der Waals surface area contributed by atoms with Crippen LogP contribution in [0.3, 0.4) is 0 Å². The zero-order valence-electron chi connectivity index (χ0n) is 15.4. The van der Waals surface area contributed by atoms with Gasteiger partial charge in [-0.3, -0.25) is 4.79 Å². The van der Waals surface area contributed by atoms with Crippen molar-refractivity contribution in [1.82, 2.24) is 8.61 Å². The van der Waals surface area contributed by atoms with Crippen LogP contribution in [-0.4, -0.2) is 49.7 Å². The van der Waals surface area contributed by atoms with Gasteiger partial charge in [0.2, 0.25) is 5.91 Å². The van der Waals surface area contributed by atoms with Crippen LogP contribution in [0.15, 0.2) is 36.4 Å². The van der Waals surface area contributed by atoms with E-state index in [4.69, 9.17) is 27.9 Å². The number of carbonyl (C=O) groups is 1. The molecule has 1 aliphatic heterocycles. The molecule has 2 aromatic rings. The van der Waals surface area contributed by atoms with Crippen LogP contribution in [0, 0.1) is 5.82 Å². The van der Waals surface area contributed by atoms with Crippen LogP contribution in [-0.2, 0) is 21.5 Å². The number of methoxy groups -OCH3 is 1. The summed E-state index contributed by atoms with van der Waals surface area (Å²) in [5, 5.41) is 3.08. The SMILES string of the molecule is COc1ccc(NC(=O)CN2CCN(Cc3ccc(F)cc3Cl)S2(=O)=O)cc1Cl. The fourth-order valence-corrected chi connectivity index (χ4v) is 4.90. The van der Waals surface area contributed by atoms with Crippen LogP contribution in [0.4, 0.5) is 10.1 Å². The van der Waals surface area contributed by atoms with Gasteiger partial charge in [0.15, 0.2) is 0 Å². The average Bonchev–Trinajstić information content (AvgIpc) is 2.91. The minimum absolute atomic E-state index is 0.00630. The number of benzene rings is 2. The summed E-state index contributed by atoms with van der Waals surface area (Å²) in [7, 11) is -2.38. The van der Waals surface area contributed by atoms with E-state index in [1.165, 1.54) is 29.6 Å². The van der Waals surface area contributed by atoms with Crippen molar-refractivity contribution in [2.45, 2.75) is 6.54 Å². The van der Waals surface area contributed by atoms with Crippen molar-refractivity contribution in [1.29, 1.82) is 0 Å². The molecule has 0 bridgehead atoms. The number of nitrogens with zero attached hydrogens (tertiary/aromatic N) is 2. The Morgan fingerprint density at radius 2 is 1.86 bits per heavy atom. The topological polar surface area (TPSA) is 79.0 Å². The molecular weight excluding hydrogens is 444 g/mol. The number of anilines is 1. The standard InChI is InChI=1S/C18H18Cl2FN3O4S/c1-28-17-5-4-14(9-16(17)20)22-18(25)11-24-7-6-23(29(24,26)27)10-12-2-3-13(21)8-15(12)19/h2-5,8-9H,6-7,10-11H2,1H3,(H,22,25). The summed E-state index contributed by atoms with van der Waals surface area (Å²) >= 11 is 12.0. The first-order chi connectivity index (χ1) is 13.7. The van der Waals surface area contributed by atoms with Gasteiger partial charge >= 0.3 is 0 Å². The quantitative estimate of drug-likeness (QED) is 0.716. The minimum atomic E-state index is -3.85. The van der Waals surface area contributed by atoms with Crippen LogP contribution in [0.25, 0.3) is 0 Å². The lowest BCUT2D eigenvalue weighted by molar-refractivity contribution is -0.116. The lowest BCUT2D eigenvalue weighted by Crippen LogP contribution is -2.37. The van der Waals surface area contributed by atoms with Crippen molar-refractivity contribution in [2.24, 2.45) is 0 Å². The summed E-state index contributed by atoms with van der Waals surface area (Å²) in [6, 6.07) is 8.50. The Balaban J connectivity index is 1.64. The minimum Gasteiger partial charge on any atom is -0.495 e. The maximum absolute atomic E-state index is 13.2. The van der Waals surface area contributed by atoms with E-state index in [0.717, 1.165) is 10.4 Å². The molecule has 11 heteroatoms. The van der Waals surface area contributed by atoms with E-state index in [1.807, 2.05) is 0 Å². The summed E-state index contributed by atoms with van der Waals surface area (Å²) in [5.41, 5.74) is 0.906. The van der Waals surface area contributed by atoms with Gasteiger partial charge < -0.3 is 10.1 Å². The predicted octanol–water partition coefficient (Wildman–Crippen LogP) is 3.14. The first kappa shape index (κ1) is 21.8. The number of amides is 1. The van der Waals surface area contributed by atoms with E-state index in [9.17, 15) is 17.6 Å². The first-order valence-electron chi connectivity index (χ1n) is 8.53. The van der Waals surface area contributed by atoms with Crippen LogP contribution in [0.5, 0.6) is 5.75 Å². The van der Waals surface area contributed by atoms with Gasteiger partial charge in [0.05, 0.1) is 18.7 Å². The monoisotopic (exact) mass is 461 g/mol. The third-order valence-corrected chi connectivity index (χ3v) is 6.94. The Labute approximate surface area is 178 Å². The maximum Gasteiger partial charge on any atom is 0.282 e. The molecule has 1 heterocycles. The number of rotatable bonds is 6. The fraction of sp³-hybridized carbons (Fsp3) is 0.278. The smallest absolute Gasteiger partial charge is 0.282 e. The summed E-state index contributed by atoms with van der Waals surface area (Å²) in [5.74, 6) is -0.543. The molecule has 0 radical (unpaired) electrons. The van der Waals surface area contributed by atoms with Gasteiger partial charge in [0, 0.05) is 30.3 Å². The van der Waals surface area contributed by atoms with Crippen LogP contribution < -0.4 is 10.1 Å². The molecule has 0 aliphatic carbocycles. The molecule has 0 aromatic heterocycles. The van der Waals surface area contributed by atoms with E-state index in [2.05, 4.69) is 5.32 Å². The highest BCUT2D eigenvalue weighted by atomic mass is 35.5. The van der Waals surface area contributed by atoms with Crippen molar-refractivity contribution < 1.29 is 22.3 Å². The Morgan fingerprint density at radius 1 is 1.14 bits per heavy atom. The summed E-state index contributed by atoms with van der Waals surface area (Å²) in [6.45, 7) is -0.0110. The molecule has 0 spiro atoms. The first-order valence-corrected chi connectivity index (χ1v) is 10.7. The molecule has 1 aliphatic rings. The number of carbonyl (C=O) groups excluding carboxylic acids is 1. The van der Waals surface area contributed by atoms with Crippen molar-refractivity contribution in [3.8, 4) is 5.75 Å².